The van der Waals surface area contributed by atoms with Crippen LogP contribution in [0.4, 0.5) is 5.82 Å². The summed E-state index contributed by atoms with van der Waals surface area (Å²) >= 11 is 1.17. The summed E-state index contributed by atoms with van der Waals surface area (Å²) in [4.78, 5) is 16.9. The first-order chi connectivity index (χ1) is 11.5. The normalized spacial score (nSPS) is 19.1. The van der Waals surface area contributed by atoms with Crippen LogP contribution in [0.3, 0.4) is 0 Å². The van der Waals surface area contributed by atoms with E-state index in [-0.39, 0.29) is 10.1 Å². The van der Waals surface area contributed by atoms with Gasteiger partial charge in [0.05, 0.1) is 0 Å². The van der Waals surface area contributed by atoms with Crippen molar-refractivity contribution in [3.8, 4) is 0 Å². The lowest BCUT2D eigenvalue weighted by atomic mass is 10.0. The maximum absolute atomic E-state index is 12.8. The second-order valence-corrected chi connectivity index (χ2v) is 8.78. The Morgan fingerprint density at radius 1 is 1.29 bits per heavy atom. The van der Waals surface area contributed by atoms with Gasteiger partial charge in [-0.2, -0.15) is 4.31 Å². The smallest absolute Gasteiger partial charge is 0.253 e. The Balaban J connectivity index is 1.83. The molecule has 0 unspecified atom stereocenters. The number of aryl methyl sites for hydroxylation is 1. The summed E-state index contributed by atoms with van der Waals surface area (Å²) in [6, 6.07) is 7.92. The molecular weight excluding hydrogens is 346 g/mol. The highest BCUT2D eigenvalue weighted by atomic mass is 32.2. The number of carbonyl (C=O) groups is 1. The molecule has 24 heavy (non-hydrogen) atoms. The number of nitrogens with one attached hydrogen (secondary N) is 1. The van der Waals surface area contributed by atoms with Crippen LogP contribution >= 0.6 is 11.3 Å². The predicted octanol–water partition coefficient (Wildman–Crippen LogP) is 2.63. The highest BCUT2D eigenvalue weighted by molar-refractivity contribution is 7.91. The SMILES string of the molecule is Cc1cccc(NC(=O)[C@H]2CCCCN2S(=O)(=O)c2cccs2)n1. The van der Waals surface area contributed by atoms with Gasteiger partial charge in [-0.15, -0.1) is 11.3 Å². The summed E-state index contributed by atoms with van der Waals surface area (Å²) in [5, 5.41) is 4.47. The van der Waals surface area contributed by atoms with Crippen molar-refractivity contribution in [1.82, 2.24) is 9.29 Å². The van der Waals surface area contributed by atoms with Crippen LogP contribution in [0.2, 0.25) is 0 Å². The highest BCUT2D eigenvalue weighted by Crippen LogP contribution is 2.28. The number of rotatable bonds is 4. The Morgan fingerprint density at radius 2 is 2.12 bits per heavy atom. The van der Waals surface area contributed by atoms with Crippen molar-refractivity contribution in [1.29, 1.82) is 0 Å². The zero-order valence-corrected chi connectivity index (χ0v) is 14.9. The van der Waals surface area contributed by atoms with Gasteiger partial charge < -0.3 is 5.32 Å². The number of hydrogen-bond acceptors (Lipinski definition) is 5. The van der Waals surface area contributed by atoms with E-state index < -0.39 is 16.1 Å². The second-order valence-electron chi connectivity index (χ2n) is 5.71. The Morgan fingerprint density at radius 3 is 2.83 bits per heavy atom. The van der Waals surface area contributed by atoms with Gasteiger partial charge in [0.1, 0.15) is 16.1 Å². The van der Waals surface area contributed by atoms with Gasteiger partial charge >= 0.3 is 0 Å². The van der Waals surface area contributed by atoms with Crippen molar-refractivity contribution in [2.75, 3.05) is 11.9 Å². The van der Waals surface area contributed by atoms with Gasteiger partial charge in [0.25, 0.3) is 10.0 Å². The number of aromatic nitrogens is 1. The third-order valence-corrected chi connectivity index (χ3v) is 7.24. The molecule has 0 aliphatic carbocycles. The molecule has 2 aromatic heterocycles. The summed E-state index contributed by atoms with van der Waals surface area (Å²) in [5.74, 6) is 0.118. The lowest BCUT2D eigenvalue weighted by Gasteiger charge is -2.33. The van der Waals surface area contributed by atoms with E-state index in [0.717, 1.165) is 18.5 Å². The number of piperidine rings is 1. The van der Waals surface area contributed by atoms with Crippen molar-refractivity contribution in [2.24, 2.45) is 0 Å². The average molecular weight is 365 g/mol. The minimum absolute atomic E-state index is 0.274. The van der Waals surface area contributed by atoms with Gasteiger partial charge in [-0.1, -0.05) is 18.6 Å². The topological polar surface area (TPSA) is 79.4 Å². The number of carbonyl (C=O) groups excluding carboxylic acids is 1. The van der Waals surface area contributed by atoms with Crippen LogP contribution in [0.15, 0.2) is 39.9 Å². The van der Waals surface area contributed by atoms with Gasteiger partial charge in [-0.3, -0.25) is 4.79 Å². The molecule has 128 valence electrons. The number of anilines is 1. The first kappa shape index (κ1) is 17.1. The van der Waals surface area contributed by atoms with Gasteiger partial charge in [0, 0.05) is 12.2 Å². The largest absolute Gasteiger partial charge is 0.309 e. The van der Waals surface area contributed by atoms with Crippen molar-refractivity contribution < 1.29 is 13.2 Å². The first-order valence-electron chi connectivity index (χ1n) is 7.78. The molecule has 8 heteroatoms. The minimum atomic E-state index is -3.64. The molecule has 6 nitrogen and oxygen atoms in total. The second kappa shape index (κ2) is 7.00. The zero-order valence-electron chi connectivity index (χ0n) is 13.3. The summed E-state index contributed by atoms with van der Waals surface area (Å²) < 4.78 is 27.2. The molecule has 2 aromatic rings. The van der Waals surface area contributed by atoms with Gasteiger partial charge in [-0.05, 0) is 43.3 Å². The molecule has 1 saturated heterocycles. The van der Waals surface area contributed by atoms with E-state index in [2.05, 4.69) is 10.3 Å². The fourth-order valence-electron chi connectivity index (χ4n) is 2.80. The summed E-state index contributed by atoms with van der Waals surface area (Å²) in [6.07, 6.45) is 2.11. The van der Waals surface area contributed by atoms with E-state index in [1.54, 1.807) is 29.6 Å². The molecule has 1 N–H and O–H groups in total. The van der Waals surface area contributed by atoms with Crippen LogP contribution in [0, 0.1) is 6.92 Å². The van der Waals surface area contributed by atoms with Crippen LogP contribution < -0.4 is 5.32 Å². The number of amides is 1. The third-order valence-electron chi connectivity index (χ3n) is 3.95. The van der Waals surface area contributed by atoms with E-state index in [0.29, 0.717) is 18.8 Å². The molecule has 3 heterocycles. The van der Waals surface area contributed by atoms with Crippen molar-refractivity contribution in [3.63, 3.8) is 0 Å². The van der Waals surface area contributed by atoms with E-state index >= 15 is 0 Å². The quantitative estimate of drug-likeness (QED) is 0.903. The molecular formula is C16H19N3O3S2. The van der Waals surface area contributed by atoms with Crippen molar-refractivity contribution in [3.05, 3.63) is 41.4 Å². The van der Waals surface area contributed by atoms with Crippen molar-refractivity contribution >= 4 is 33.1 Å². The van der Waals surface area contributed by atoms with Gasteiger partial charge in [0.15, 0.2) is 0 Å². The number of pyridine rings is 1. The maximum atomic E-state index is 12.8. The number of thiophene rings is 1. The zero-order chi connectivity index (χ0) is 17.2. The Bertz CT molecular complexity index is 819. The third kappa shape index (κ3) is 3.50. The Hall–Kier alpha value is -1.77. The summed E-state index contributed by atoms with van der Waals surface area (Å²) in [7, 11) is -3.64. The van der Waals surface area contributed by atoms with Crippen LogP contribution in [0.1, 0.15) is 25.0 Å². The van der Waals surface area contributed by atoms with Crippen LogP contribution in [0.5, 0.6) is 0 Å². The Kier molecular flexibility index (Phi) is 4.98. The van der Waals surface area contributed by atoms with E-state index in [4.69, 9.17) is 0 Å². The number of sulfonamides is 1. The predicted molar refractivity (Wildman–Crippen MR) is 93.5 cm³/mol. The Labute approximate surface area is 145 Å². The molecule has 1 amide bonds. The molecule has 1 fully saturated rings. The molecule has 3 rings (SSSR count). The fraction of sp³-hybridized carbons (Fsp3) is 0.375. The fourth-order valence-corrected chi connectivity index (χ4v) is 5.58. The maximum Gasteiger partial charge on any atom is 0.253 e. The molecule has 1 aliphatic rings. The summed E-state index contributed by atoms with van der Waals surface area (Å²) in [6.45, 7) is 2.20. The van der Waals surface area contributed by atoms with Crippen LogP contribution in [0.25, 0.3) is 0 Å². The molecule has 1 atom stereocenters. The van der Waals surface area contributed by atoms with E-state index in [1.165, 1.54) is 15.6 Å². The number of hydrogen-bond donors (Lipinski definition) is 1. The summed E-state index contributed by atoms with van der Waals surface area (Å²) in [5.41, 5.74) is 0.791. The molecule has 1 aliphatic heterocycles. The lowest BCUT2D eigenvalue weighted by Crippen LogP contribution is -2.49. The van der Waals surface area contributed by atoms with Crippen molar-refractivity contribution in [2.45, 2.75) is 36.4 Å². The molecule has 0 saturated carbocycles. The molecule has 0 bridgehead atoms. The van der Waals surface area contributed by atoms with Crippen LogP contribution in [-0.2, 0) is 14.8 Å². The number of nitrogens with zero attached hydrogens (tertiary/aromatic N) is 2. The van der Waals surface area contributed by atoms with E-state index in [1.807, 2.05) is 13.0 Å². The average Bonchev–Trinajstić information content (AvgIpc) is 3.10. The molecule has 0 spiro atoms. The molecule has 0 aromatic carbocycles. The highest BCUT2D eigenvalue weighted by Gasteiger charge is 2.38. The van der Waals surface area contributed by atoms with Gasteiger partial charge in [0.2, 0.25) is 5.91 Å². The lowest BCUT2D eigenvalue weighted by molar-refractivity contribution is -0.120. The van der Waals surface area contributed by atoms with E-state index in [9.17, 15) is 13.2 Å². The van der Waals surface area contributed by atoms with Crippen LogP contribution in [-0.4, -0.2) is 36.2 Å². The first-order valence-corrected chi connectivity index (χ1v) is 10.1. The standard InChI is InChI=1S/C16H19N3O3S2/c1-12-6-4-8-14(17-12)18-16(20)13-7-2-3-10-19(13)24(21,22)15-9-5-11-23-15/h4-6,8-9,11,13H,2-3,7,10H2,1H3,(H,17,18,20)/t13-/m1/s1. The minimum Gasteiger partial charge on any atom is -0.309 e. The van der Waals surface area contributed by atoms with Gasteiger partial charge in [-0.25, -0.2) is 13.4 Å². The molecule has 0 radical (unpaired) electrons. The monoisotopic (exact) mass is 365 g/mol.